The smallest absolute Gasteiger partial charge is 0.351 e. The number of aromatic nitrogens is 2. The Morgan fingerprint density at radius 2 is 2.12 bits per heavy atom. The average Bonchev–Trinajstić information content (AvgIpc) is 2.85. The fourth-order valence-electron chi connectivity index (χ4n) is 2.96. The molecule has 0 aliphatic carbocycles. The topological polar surface area (TPSA) is 99.6 Å². The molecule has 0 aromatic carbocycles. The summed E-state index contributed by atoms with van der Waals surface area (Å²) < 4.78 is 41.1. The molecule has 0 radical (unpaired) electrons. The van der Waals surface area contributed by atoms with Crippen molar-refractivity contribution < 1.29 is 23.4 Å². The summed E-state index contributed by atoms with van der Waals surface area (Å²) in [6.07, 6.45) is -1.28. The van der Waals surface area contributed by atoms with E-state index in [2.05, 4.69) is 11.9 Å². The van der Waals surface area contributed by atoms with E-state index < -0.39 is 36.7 Å². The Morgan fingerprint density at radius 3 is 2.65 bits per heavy atom. The highest BCUT2D eigenvalue weighted by Gasteiger charge is 2.60. The highest BCUT2D eigenvalue weighted by molar-refractivity contribution is 5.23. The van der Waals surface area contributed by atoms with Gasteiger partial charge in [0.05, 0.1) is 6.61 Å². The van der Waals surface area contributed by atoms with Gasteiger partial charge >= 0.3 is 11.6 Å². The number of aliphatic hydroxyl groups excluding tert-OH is 1. The third-order valence-corrected chi connectivity index (χ3v) is 5.34. The maximum Gasteiger partial charge on any atom is 0.351 e. The van der Waals surface area contributed by atoms with Crippen LogP contribution in [-0.2, 0) is 9.47 Å². The lowest BCUT2D eigenvalue weighted by atomic mass is 9.82. The van der Waals surface area contributed by atoms with E-state index in [1.165, 1.54) is 6.07 Å². The summed E-state index contributed by atoms with van der Waals surface area (Å²) in [5.41, 5.74) is 4.44. The zero-order chi connectivity index (χ0) is 19.5. The van der Waals surface area contributed by atoms with E-state index in [9.17, 15) is 18.7 Å². The van der Waals surface area contributed by atoms with Crippen LogP contribution >= 0.6 is 0 Å². The van der Waals surface area contributed by atoms with Crippen LogP contribution in [0.2, 0.25) is 0 Å². The van der Waals surface area contributed by atoms with Crippen LogP contribution in [0.1, 0.15) is 46.3 Å². The van der Waals surface area contributed by atoms with Gasteiger partial charge in [-0.05, 0) is 17.9 Å². The first-order valence-electron chi connectivity index (χ1n) is 8.79. The summed E-state index contributed by atoms with van der Waals surface area (Å²) in [6.45, 7) is 5.63. The van der Waals surface area contributed by atoms with Crippen LogP contribution < -0.4 is 11.4 Å². The van der Waals surface area contributed by atoms with Crippen molar-refractivity contribution in [3.8, 4) is 0 Å². The Morgan fingerprint density at radius 1 is 1.46 bits per heavy atom. The number of anilines is 1. The molecule has 0 bridgehead atoms. The number of nitrogens with zero attached hydrogens (tertiary/aromatic N) is 2. The lowest BCUT2D eigenvalue weighted by Gasteiger charge is -2.29. The number of hydrogen-bond acceptors (Lipinski definition) is 6. The molecule has 0 saturated carbocycles. The van der Waals surface area contributed by atoms with Crippen LogP contribution in [0.25, 0.3) is 0 Å². The summed E-state index contributed by atoms with van der Waals surface area (Å²) in [5, 5.41) is 9.44. The minimum Gasteiger partial charge on any atom is -0.394 e. The first kappa shape index (κ1) is 20.7. The zero-order valence-corrected chi connectivity index (χ0v) is 15.3. The van der Waals surface area contributed by atoms with Gasteiger partial charge in [0.25, 0.3) is 0 Å². The molecule has 1 aromatic rings. The zero-order valence-electron chi connectivity index (χ0n) is 15.3. The van der Waals surface area contributed by atoms with Crippen LogP contribution in [0.15, 0.2) is 17.1 Å². The van der Waals surface area contributed by atoms with E-state index in [0.29, 0.717) is 11.0 Å². The monoisotopic (exact) mass is 375 g/mol. The summed E-state index contributed by atoms with van der Waals surface area (Å²) in [6, 6.07) is 1.23. The molecule has 0 spiro atoms. The molecule has 2 rings (SSSR count). The maximum absolute atomic E-state index is 14.9. The first-order chi connectivity index (χ1) is 12.2. The van der Waals surface area contributed by atoms with Gasteiger partial charge in [-0.2, -0.15) is 13.8 Å². The second-order valence-electron chi connectivity index (χ2n) is 6.99. The Kier molecular flexibility index (Phi) is 6.36. The molecule has 9 heteroatoms. The third kappa shape index (κ3) is 4.05. The Labute approximate surface area is 151 Å². The van der Waals surface area contributed by atoms with E-state index in [1.54, 1.807) is 0 Å². The SMILES string of the molecule is CCC(C)(CC)CCOC1C(CO)OC(n2ccc(N)nc2=O)C1(F)F. The molecule has 1 aliphatic rings. The Balaban J connectivity index is 2.18. The van der Waals surface area contributed by atoms with Gasteiger partial charge in [-0.3, -0.25) is 4.57 Å². The summed E-state index contributed by atoms with van der Waals surface area (Å²) in [4.78, 5) is 15.3. The maximum atomic E-state index is 14.9. The number of aliphatic hydroxyl groups is 1. The molecule has 0 amide bonds. The molecule has 1 saturated heterocycles. The van der Waals surface area contributed by atoms with Crippen LogP contribution in [0.3, 0.4) is 0 Å². The highest BCUT2D eigenvalue weighted by Crippen LogP contribution is 2.44. The largest absolute Gasteiger partial charge is 0.394 e. The second kappa shape index (κ2) is 7.98. The van der Waals surface area contributed by atoms with Gasteiger partial charge in [0, 0.05) is 12.8 Å². The molecule has 7 nitrogen and oxygen atoms in total. The lowest BCUT2D eigenvalue weighted by molar-refractivity contribution is -0.156. The summed E-state index contributed by atoms with van der Waals surface area (Å²) >= 11 is 0. The molecule has 26 heavy (non-hydrogen) atoms. The van der Waals surface area contributed by atoms with Gasteiger partial charge in [-0.15, -0.1) is 0 Å². The molecule has 1 aromatic heterocycles. The fraction of sp³-hybridized carbons (Fsp3) is 0.765. The van der Waals surface area contributed by atoms with E-state index in [1.807, 2.05) is 13.8 Å². The molecule has 1 aliphatic heterocycles. The summed E-state index contributed by atoms with van der Waals surface area (Å²) in [7, 11) is 0. The van der Waals surface area contributed by atoms with Crippen molar-refractivity contribution in [2.24, 2.45) is 5.41 Å². The Hall–Kier alpha value is -1.58. The average molecular weight is 375 g/mol. The van der Waals surface area contributed by atoms with Gasteiger partial charge in [0.1, 0.15) is 11.9 Å². The van der Waals surface area contributed by atoms with E-state index in [0.717, 1.165) is 19.0 Å². The molecular formula is C17H27F2N3O4. The van der Waals surface area contributed by atoms with Crippen LogP contribution in [0.4, 0.5) is 14.6 Å². The third-order valence-electron chi connectivity index (χ3n) is 5.34. The number of nitrogen functional groups attached to an aromatic ring is 1. The standard InChI is InChI=1S/C17H27F2N3O4/c1-4-16(3,5-2)7-9-25-13-11(10-23)26-14(17(13,18)19)22-8-6-12(20)21-15(22)24/h6,8,11,13-14,23H,4-5,7,9-10H2,1-3H3,(H2,20,21,24). The molecule has 3 N–H and O–H groups in total. The Bertz CT molecular complexity index is 664. The number of rotatable bonds is 8. The highest BCUT2D eigenvalue weighted by atomic mass is 19.3. The molecular weight excluding hydrogens is 348 g/mol. The van der Waals surface area contributed by atoms with Crippen molar-refractivity contribution >= 4 is 5.82 Å². The minimum absolute atomic E-state index is 0.000670. The van der Waals surface area contributed by atoms with Crippen LogP contribution in [0.5, 0.6) is 0 Å². The van der Waals surface area contributed by atoms with Gasteiger partial charge in [0.15, 0.2) is 6.10 Å². The predicted molar refractivity (Wildman–Crippen MR) is 91.9 cm³/mol. The van der Waals surface area contributed by atoms with Crippen molar-refractivity contribution in [1.29, 1.82) is 0 Å². The van der Waals surface area contributed by atoms with Crippen molar-refractivity contribution in [2.75, 3.05) is 18.9 Å². The van der Waals surface area contributed by atoms with E-state index in [-0.39, 0.29) is 17.8 Å². The van der Waals surface area contributed by atoms with E-state index >= 15 is 0 Å². The van der Waals surface area contributed by atoms with Crippen LogP contribution in [-0.4, -0.2) is 46.0 Å². The van der Waals surface area contributed by atoms with Gasteiger partial charge < -0.3 is 20.3 Å². The molecule has 1 fully saturated rings. The van der Waals surface area contributed by atoms with Crippen molar-refractivity contribution in [2.45, 2.75) is 64.4 Å². The number of halogens is 2. The quantitative estimate of drug-likeness (QED) is 0.720. The van der Waals surface area contributed by atoms with Gasteiger partial charge in [0.2, 0.25) is 6.23 Å². The normalized spacial score (nSPS) is 25.5. The van der Waals surface area contributed by atoms with Crippen LogP contribution in [0, 0.1) is 5.41 Å². The van der Waals surface area contributed by atoms with Crippen molar-refractivity contribution in [3.05, 3.63) is 22.7 Å². The number of alkyl halides is 2. The fourth-order valence-corrected chi connectivity index (χ4v) is 2.96. The molecule has 148 valence electrons. The van der Waals surface area contributed by atoms with Gasteiger partial charge in [-0.1, -0.05) is 33.6 Å². The van der Waals surface area contributed by atoms with Gasteiger partial charge in [-0.25, -0.2) is 4.79 Å². The van der Waals surface area contributed by atoms with Crippen molar-refractivity contribution in [1.82, 2.24) is 9.55 Å². The molecule has 3 unspecified atom stereocenters. The summed E-state index contributed by atoms with van der Waals surface area (Å²) in [5.74, 6) is -3.58. The lowest BCUT2D eigenvalue weighted by Crippen LogP contribution is -2.44. The number of nitrogens with two attached hydrogens (primary N) is 1. The molecule has 3 atom stereocenters. The first-order valence-corrected chi connectivity index (χ1v) is 8.79. The van der Waals surface area contributed by atoms with Crippen molar-refractivity contribution in [3.63, 3.8) is 0 Å². The minimum atomic E-state index is -3.51. The number of ether oxygens (including phenoxy) is 2. The molecule has 2 heterocycles. The second-order valence-corrected chi connectivity index (χ2v) is 6.99. The van der Waals surface area contributed by atoms with E-state index in [4.69, 9.17) is 15.2 Å². The number of hydrogen-bond donors (Lipinski definition) is 2. The predicted octanol–water partition coefficient (Wildman–Crippen LogP) is 1.95.